The average molecular weight is 273 g/mol. The van der Waals surface area contributed by atoms with E-state index in [0.29, 0.717) is 0 Å². The van der Waals surface area contributed by atoms with E-state index >= 15 is 0 Å². The molecule has 104 valence electrons. The van der Waals surface area contributed by atoms with Crippen LogP contribution in [0, 0.1) is 5.95 Å². The normalized spacial score (nSPS) is 20.6. The van der Waals surface area contributed by atoms with Crippen molar-refractivity contribution in [3.8, 4) is 0 Å². The monoisotopic (exact) mass is 273 g/mol. The molecular weight excluding hydrogens is 256 g/mol. The van der Waals surface area contributed by atoms with Gasteiger partial charge in [0, 0.05) is 12.3 Å². The van der Waals surface area contributed by atoms with Gasteiger partial charge in [-0.3, -0.25) is 0 Å². The minimum Gasteiger partial charge on any atom is -0.399 e. The molecule has 20 heavy (non-hydrogen) atoms. The predicted molar refractivity (Wildman–Crippen MR) is 77.4 cm³/mol. The zero-order valence-electron chi connectivity index (χ0n) is 12.1. The fourth-order valence-electron chi connectivity index (χ4n) is 2.26. The highest BCUT2D eigenvalue weighted by Gasteiger charge is 2.51. The molecule has 0 atom stereocenters. The standard InChI is InChI=1S/C15H17BFNO2/c1-14(2)15(3,4)20-16(19-14)12-6-5-10-8-13(17)18-9-11(10)7-12/h5-9H,1-4H3. The van der Waals surface area contributed by atoms with Gasteiger partial charge in [-0.25, -0.2) is 4.98 Å². The number of nitrogens with zero attached hydrogens (tertiary/aromatic N) is 1. The Kier molecular flexibility index (Phi) is 2.89. The van der Waals surface area contributed by atoms with Gasteiger partial charge in [0.25, 0.3) is 0 Å². The van der Waals surface area contributed by atoms with Crippen LogP contribution in [0.3, 0.4) is 0 Å². The van der Waals surface area contributed by atoms with Crippen LogP contribution in [-0.2, 0) is 9.31 Å². The van der Waals surface area contributed by atoms with Crippen molar-refractivity contribution >= 4 is 23.4 Å². The van der Waals surface area contributed by atoms with Gasteiger partial charge in [-0.2, -0.15) is 4.39 Å². The van der Waals surface area contributed by atoms with Crippen LogP contribution in [-0.4, -0.2) is 23.3 Å². The second kappa shape index (κ2) is 4.27. The second-order valence-corrected chi connectivity index (χ2v) is 6.20. The quantitative estimate of drug-likeness (QED) is 0.591. The zero-order chi connectivity index (χ0) is 14.5. The van der Waals surface area contributed by atoms with E-state index in [0.717, 1.165) is 16.2 Å². The third-order valence-electron chi connectivity index (χ3n) is 4.24. The highest BCUT2D eigenvalue weighted by atomic mass is 19.1. The Labute approximate surface area is 118 Å². The fraction of sp³-hybridized carbons (Fsp3) is 0.400. The molecule has 0 N–H and O–H groups in total. The number of fused-ring (bicyclic) bond motifs is 1. The van der Waals surface area contributed by atoms with Gasteiger partial charge >= 0.3 is 7.12 Å². The van der Waals surface area contributed by atoms with Crippen molar-refractivity contribution in [2.45, 2.75) is 38.9 Å². The van der Waals surface area contributed by atoms with Crippen LogP contribution in [0.15, 0.2) is 30.5 Å². The van der Waals surface area contributed by atoms with E-state index in [9.17, 15) is 4.39 Å². The molecule has 2 aromatic rings. The van der Waals surface area contributed by atoms with Crippen LogP contribution in [0.1, 0.15) is 27.7 Å². The maximum Gasteiger partial charge on any atom is 0.494 e. The maximum absolute atomic E-state index is 13.1. The fourth-order valence-corrected chi connectivity index (χ4v) is 2.26. The number of aromatic nitrogens is 1. The summed E-state index contributed by atoms with van der Waals surface area (Å²) in [7, 11) is -0.408. The topological polar surface area (TPSA) is 31.4 Å². The van der Waals surface area contributed by atoms with Gasteiger partial charge in [0.2, 0.25) is 5.95 Å². The first kappa shape index (κ1) is 13.5. The molecule has 5 heteroatoms. The first-order valence-corrected chi connectivity index (χ1v) is 6.69. The van der Waals surface area contributed by atoms with E-state index < -0.39 is 13.1 Å². The lowest BCUT2D eigenvalue weighted by molar-refractivity contribution is 0.00578. The molecule has 3 rings (SSSR count). The van der Waals surface area contributed by atoms with E-state index in [4.69, 9.17) is 9.31 Å². The van der Waals surface area contributed by atoms with Crippen molar-refractivity contribution in [2.24, 2.45) is 0 Å². The molecule has 2 heterocycles. The summed E-state index contributed by atoms with van der Waals surface area (Å²) in [4.78, 5) is 3.68. The number of rotatable bonds is 1. The van der Waals surface area contributed by atoms with E-state index in [-0.39, 0.29) is 11.2 Å². The molecule has 0 unspecified atom stereocenters. The smallest absolute Gasteiger partial charge is 0.399 e. The number of hydrogen-bond acceptors (Lipinski definition) is 3. The third-order valence-corrected chi connectivity index (χ3v) is 4.24. The maximum atomic E-state index is 13.1. The van der Waals surface area contributed by atoms with Crippen molar-refractivity contribution in [3.63, 3.8) is 0 Å². The van der Waals surface area contributed by atoms with Crippen LogP contribution < -0.4 is 5.46 Å². The van der Waals surface area contributed by atoms with E-state index in [1.54, 1.807) is 0 Å². The minimum atomic E-state index is -0.471. The number of pyridine rings is 1. The highest BCUT2D eigenvalue weighted by molar-refractivity contribution is 6.62. The van der Waals surface area contributed by atoms with Gasteiger partial charge in [-0.15, -0.1) is 0 Å². The summed E-state index contributed by atoms with van der Waals surface area (Å²) in [5, 5.41) is 1.69. The Morgan fingerprint density at radius 1 is 1.00 bits per heavy atom. The molecule has 1 aromatic carbocycles. The molecule has 1 saturated heterocycles. The van der Waals surface area contributed by atoms with Gasteiger partial charge in [0.05, 0.1) is 11.2 Å². The Balaban J connectivity index is 1.98. The summed E-state index contributed by atoms with van der Waals surface area (Å²) >= 11 is 0. The van der Waals surface area contributed by atoms with E-state index in [1.807, 2.05) is 45.9 Å². The van der Waals surface area contributed by atoms with Gasteiger partial charge in [-0.05, 0) is 43.9 Å². The second-order valence-electron chi connectivity index (χ2n) is 6.20. The van der Waals surface area contributed by atoms with Gasteiger partial charge in [0.1, 0.15) is 0 Å². The molecule has 0 radical (unpaired) electrons. The van der Waals surface area contributed by atoms with Gasteiger partial charge in [-0.1, -0.05) is 18.2 Å². The molecular formula is C15H17BFNO2. The number of halogens is 1. The molecule has 0 saturated carbocycles. The molecule has 0 aliphatic carbocycles. The number of benzene rings is 1. The van der Waals surface area contributed by atoms with Crippen molar-refractivity contribution in [3.05, 3.63) is 36.4 Å². The van der Waals surface area contributed by atoms with Gasteiger partial charge < -0.3 is 9.31 Å². The van der Waals surface area contributed by atoms with Gasteiger partial charge in [0.15, 0.2) is 0 Å². The molecule has 0 spiro atoms. The summed E-state index contributed by atoms with van der Waals surface area (Å²) in [5.41, 5.74) is 0.186. The lowest BCUT2D eigenvalue weighted by atomic mass is 9.78. The molecule has 0 bridgehead atoms. The van der Waals surface area contributed by atoms with E-state index in [1.165, 1.54) is 12.3 Å². The van der Waals surface area contributed by atoms with Crippen molar-refractivity contribution in [2.75, 3.05) is 0 Å². The largest absolute Gasteiger partial charge is 0.494 e. The Morgan fingerprint density at radius 3 is 2.30 bits per heavy atom. The average Bonchev–Trinajstić information content (AvgIpc) is 2.58. The molecule has 1 aromatic heterocycles. The summed E-state index contributed by atoms with van der Waals surface area (Å²) < 4.78 is 25.1. The van der Waals surface area contributed by atoms with Crippen LogP contribution in [0.5, 0.6) is 0 Å². The lowest BCUT2D eigenvalue weighted by Gasteiger charge is -2.32. The molecule has 1 fully saturated rings. The van der Waals surface area contributed by atoms with Crippen molar-refractivity contribution in [1.29, 1.82) is 0 Å². The predicted octanol–water partition coefficient (Wildman–Crippen LogP) is 2.67. The van der Waals surface area contributed by atoms with Crippen LogP contribution in [0.4, 0.5) is 4.39 Å². The highest BCUT2D eigenvalue weighted by Crippen LogP contribution is 2.36. The summed E-state index contributed by atoms with van der Waals surface area (Å²) in [6.45, 7) is 8.08. The number of hydrogen-bond donors (Lipinski definition) is 0. The SMILES string of the molecule is CC1(C)OB(c2ccc3cc(F)ncc3c2)OC1(C)C. The lowest BCUT2D eigenvalue weighted by Crippen LogP contribution is -2.41. The Bertz CT molecular complexity index is 656. The molecule has 1 aliphatic heterocycles. The van der Waals surface area contributed by atoms with Crippen LogP contribution >= 0.6 is 0 Å². The first-order valence-electron chi connectivity index (χ1n) is 6.69. The molecule has 1 aliphatic rings. The minimum absolute atomic E-state index is 0.367. The van der Waals surface area contributed by atoms with E-state index in [2.05, 4.69) is 4.98 Å². The summed E-state index contributed by atoms with van der Waals surface area (Å²) in [6, 6.07) is 7.12. The third kappa shape index (κ3) is 2.11. The Hall–Kier alpha value is -1.46. The molecule has 3 nitrogen and oxygen atoms in total. The van der Waals surface area contributed by atoms with Crippen molar-refractivity contribution in [1.82, 2.24) is 4.98 Å². The van der Waals surface area contributed by atoms with Crippen LogP contribution in [0.2, 0.25) is 0 Å². The summed E-state index contributed by atoms with van der Waals surface area (Å²) in [5.74, 6) is -0.471. The Morgan fingerprint density at radius 2 is 1.65 bits per heavy atom. The zero-order valence-corrected chi connectivity index (χ0v) is 12.1. The first-order chi connectivity index (χ1) is 9.28. The summed E-state index contributed by atoms with van der Waals surface area (Å²) in [6.07, 6.45) is 1.53. The molecule has 0 amide bonds. The van der Waals surface area contributed by atoms with Crippen LogP contribution in [0.25, 0.3) is 10.8 Å². The van der Waals surface area contributed by atoms with Crippen molar-refractivity contribution < 1.29 is 13.7 Å².